The van der Waals surface area contributed by atoms with Gasteiger partial charge in [0.2, 0.25) is 0 Å². The molecular formula is C16H22Fe. The van der Waals surface area contributed by atoms with E-state index in [2.05, 4.69) is 38.2 Å². The molecule has 0 unspecified atom stereocenters. The molecule has 94 valence electrons. The Morgan fingerprint density at radius 2 is 1.29 bits per heavy atom. The van der Waals surface area contributed by atoms with Gasteiger partial charge in [-0.05, 0) is 0 Å². The molecule has 0 saturated heterocycles. The normalized spacial score (nSPS) is 19.2. The van der Waals surface area contributed by atoms with Crippen molar-refractivity contribution in [3.8, 4) is 0 Å². The van der Waals surface area contributed by atoms with Crippen LogP contribution in [-0.4, -0.2) is 0 Å². The molecule has 2 aliphatic carbocycles. The van der Waals surface area contributed by atoms with Crippen LogP contribution in [0.2, 0.25) is 0 Å². The fourth-order valence-corrected chi connectivity index (χ4v) is 3.84. The first kappa shape index (κ1) is 12.9. The van der Waals surface area contributed by atoms with Crippen molar-refractivity contribution in [2.24, 2.45) is 0 Å². The second kappa shape index (κ2) is 6.42. The predicted octanol–water partition coefficient (Wildman–Crippen LogP) is 5.10. The fourth-order valence-electron chi connectivity index (χ4n) is 2.32. The summed E-state index contributed by atoms with van der Waals surface area (Å²) in [4.78, 5) is 0. The van der Waals surface area contributed by atoms with E-state index in [1.54, 1.807) is 20.1 Å². The molecule has 0 spiro atoms. The SMILES string of the molecule is CCCC1=CC=[C]([Fe][C]2=CC=C(CCC)C2)C1. The van der Waals surface area contributed by atoms with Gasteiger partial charge < -0.3 is 0 Å². The zero-order chi connectivity index (χ0) is 12.1. The molecular weight excluding hydrogens is 248 g/mol. The molecule has 0 aromatic carbocycles. The van der Waals surface area contributed by atoms with Gasteiger partial charge in [-0.15, -0.1) is 0 Å². The van der Waals surface area contributed by atoms with Crippen LogP contribution in [0.15, 0.2) is 44.4 Å². The van der Waals surface area contributed by atoms with Crippen molar-refractivity contribution in [2.45, 2.75) is 52.4 Å². The molecule has 0 N–H and O–H groups in total. The van der Waals surface area contributed by atoms with E-state index in [9.17, 15) is 0 Å². The minimum atomic E-state index is 1.20. The zero-order valence-corrected chi connectivity index (χ0v) is 12.0. The van der Waals surface area contributed by atoms with Gasteiger partial charge in [0.15, 0.2) is 0 Å². The van der Waals surface area contributed by atoms with Gasteiger partial charge in [0.05, 0.1) is 0 Å². The molecule has 0 bridgehead atoms. The Morgan fingerprint density at radius 3 is 1.71 bits per heavy atom. The Morgan fingerprint density at radius 1 is 0.824 bits per heavy atom. The van der Waals surface area contributed by atoms with Crippen molar-refractivity contribution in [1.29, 1.82) is 0 Å². The van der Waals surface area contributed by atoms with Crippen molar-refractivity contribution in [2.75, 3.05) is 0 Å². The van der Waals surface area contributed by atoms with Gasteiger partial charge in [-0.2, -0.15) is 0 Å². The van der Waals surface area contributed by atoms with Crippen LogP contribution in [0, 0.1) is 0 Å². The van der Waals surface area contributed by atoms with Crippen LogP contribution < -0.4 is 0 Å². The monoisotopic (exact) mass is 270 g/mol. The van der Waals surface area contributed by atoms with E-state index in [-0.39, 0.29) is 0 Å². The van der Waals surface area contributed by atoms with Crippen molar-refractivity contribution in [3.63, 3.8) is 0 Å². The van der Waals surface area contributed by atoms with E-state index in [1.807, 2.05) is 0 Å². The van der Waals surface area contributed by atoms with Crippen LogP contribution in [0.1, 0.15) is 52.4 Å². The summed E-state index contributed by atoms with van der Waals surface area (Å²) in [5.74, 6) is 0. The number of allylic oxidation sites excluding steroid dienone is 8. The third-order valence-corrected chi connectivity index (χ3v) is 4.61. The van der Waals surface area contributed by atoms with Crippen molar-refractivity contribution >= 4 is 0 Å². The molecule has 0 atom stereocenters. The second-order valence-corrected chi connectivity index (χ2v) is 6.48. The van der Waals surface area contributed by atoms with Crippen LogP contribution in [0.4, 0.5) is 0 Å². The fraction of sp³-hybridized carbons (Fsp3) is 0.500. The molecule has 0 heterocycles. The van der Waals surface area contributed by atoms with Crippen molar-refractivity contribution < 1.29 is 15.0 Å². The van der Waals surface area contributed by atoms with Gasteiger partial charge in [-0.1, -0.05) is 0 Å². The van der Waals surface area contributed by atoms with Crippen LogP contribution in [-0.2, 0) is 15.0 Å². The van der Waals surface area contributed by atoms with E-state index in [0.29, 0.717) is 0 Å². The summed E-state index contributed by atoms with van der Waals surface area (Å²) in [6.07, 6.45) is 17.0. The van der Waals surface area contributed by atoms with E-state index in [1.165, 1.54) is 53.5 Å². The number of hydrogen-bond acceptors (Lipinski definition) is 0. The minimum absolute atomic E-state index is 1.20. The molecule has 0 saturated carbocycles. The average Bonchev–Trinajstić information content (AvgIpc) is 2.91. The summed E-state index contributed by atoms with van der Waals surface area (Å²) >= 11 is 1.20. The van der Waals surface area contributed by atoms with Crippen molar-refractivity contribution in [1.82, 2.24) is 0 Å². The summed E-state index contributed by atoms with van der Waals surface area (Å²) in [6, 6.07) is 0. The van der Waals surface area contributed by atoms with Crippen LogP contribution in [0.5, 0.6) is 0 Å². The molecule has 0 aromatic rings. The summed E-state index contributed by atoms with van der Waals surface area (Å²) in [6.45, 7) is 4.53. The maximum atomic E-state index is 2.35. The van der Waals surface area contributed by atoms with Gasteiger partial charge in [-0.3, -0.25) is 0 Å². The molecule has 2 aliphatic rings. The Balaban J connectivity index is 1.75. The zero-order valence-electron chi connectivity index (χ0n) is 10.9. The van der Waals surface area contributed by atoms with Crippen molar-refractivity contribution in [3.05, 3.63) is 44.4 Å². The second-order valence-electron chi connectivity index (χ2n) is 4.79. The molecule has 0 fully saturated rings. The summed E-state index contributed by atoms with van der Waals surface area (Å²) in [5.41, 5.74) is 3.26. The molecule has 17 heavy (non-hydrogen) atoms. The standard InChI is InChI=1S/2C8H11.Fe/c2*1-2-5-8-6-3-4-7-8;/h2*3,6H,2,5,7H2,1H3;. The Labute approximate surface area is 112 Å². The third kappa shape index (κ3) is 3.72. The van der Waals surface area contributed by atoms with Crippen LogP contribution in [0.25, 0.3) is 0 Å². The molecule has 1 heteroatoms. The van der Waals surface area contributed by atoms with Gasteiger partial charge in [0, 0.05) is 0 Å². The third-order valence-electron chi connectivity index (χ3n) is 3.14. The van der Waals surface area contributed by atoms with E-state index in [4.69, 9.17) is 0 Å². The van der Waals surface area contributed by atoms with Crippen LogP contribution in [0.3, 0.4) is 0 Å². The first-order valence-corrected chi connectivity index (χ1v) is 7.81. The summed E-state index contributed by atoms with van der Waals surface area (Å²) in [5, 5.41) is 0. The molecule has 0 aliphatic heterocycles. The molecule has 2 rings (SSSR count). The first-order chi connectivity index (χ1) is 8.31. The van der Waals surface area contributed by atoms with Crippen LogP contribution >= 0.6 is 0 Å². The van der Waals surface area contributed by atoms with Gasteiger partial charge >= 0.3 is 112 Å². The van der Waals surface area contributed by atoms with E-state index < -0.39 is 0 Å². The average molecular weight is 270 g/mol. The van der Waals surface area contributed by atoms with E-state index in [0.717, 1.165) is 0 Å². The Bertz CT molecular complexity index is 356. The molecule has 0 radical (unpaired) electrons. The first-order valence-electron chi connectivity index (χ1n) is 6.71. The Kier molecular flexibility index (Phi) is 4.88. The van der Waals surface area contributed by atoms with Gasteiger partial charge in [0.25, 0.3) is 0 Å². The molecule has 0 amide bonds. The molecule has 0 aromatic heterocycles. The maximum absolute atomic E-state index is 2.35. The summed E-state index contributed by atoms with van der Waals surface area (Å²) < 4.78 is 3.23. The summed E-state index contributed by atoms with van der Waals surface area (Å²) in [7, 11) is 0. The predicted molar refractivity (Wildman–Crippen MR) is 71.4 cm³/mol. The Hall–Kier alpha value is -0.521. The molecule has 0 nitrogen and oxygen atoms in total. The number of hydrogen-bond donors (Lipinski definition) is 0. The topological polar surface area (TPSA) is 0 Å². The quantitative estimate of drug-likeness (QED) is 0.589. The van der Waals surface area contributed by atoms with E-state index >= 15 is 0 Å². The van der Waals surface area contributed by atoms with Gasteiger partial charge in [-0.25, -0.2) is 0 Å². The number of rotatable bonds is 6. The van der Waals surface area contributed by atoms with Gasteiger partial charge in [0.1, 0.15) is 0 Å².